The summed E-state index contributed by atoms with van der Waals surface area (Å²) < 4.78 is 37.3. The molecule has 1 saturated heterocycles. The first-order chi connectivity index (χ1) is 9.82. The van der Waals surface area contributed by atoms with Gasteiger partial charge < -0.3 is 9.47 Å². The molecule has 0 aliphatic carbocycles. The lowest BCUT2D eigenvalue weighted by molar-refractivity contribution is -0.385. The van der Waals surface area contributed by atoms with Gasteiger partial charge in [0, 0.05) is 25.1 Å². The molecule has 1 aromatic carbocycles. The highest BCUT2D eigenvalue weighted by Crippen LogP contribution is 2.22. The number of nitrogens with one attached hydrogen (secondary N) is 1. The molecule has 0 saturated carbocycles. The minimum atomic E-state index is -3.80. The van der Waals surface area contributed by atoms with Gasteiger partial charge >= 0.3 is 0 Å². The first-order valence-corrected chi connectivity index (χ1v) is 7.83. The van der Waals surface area contributed by atoms with Crippen LogP contribution >= 0.6 is 0 Å². The van der Waals surface area contributed by atoms with E-state index in [1.54, 1.807) is 6.92 Å². The fraction of sp³-hybridized carbons (Fsp3) is 0.500. The molecule has 1 aliphatic heterocycles. The van der Waals surface area contributed by atoms with Crippen molar-refractivity contribution in [3.8, 4) is 0 Å². The molecule has 0 radical (unpaired) electrons. The molecule has 9 heteroatoms. The van der Waals surface area contributed by atoms with Gasteiger partial charge in [-0.3, -0.25) is 10.1 Å². The van der Waals surface area contributed by atoms with Crippen molar-refractivity contribution >= 4 is 15.7 Å². The summed E-state index contributed by atoms with van der Waals surface area (Å²) in [6, 6.07) is 4.89. The fourth-order valence-corrected chi connectivity index (χ4v) is 3.03. The maximum Gasteiger partial charge on any atom is 0.270 e. The van der Waals surface area contributed by atoms with Gasteiger partial charge in [-0.25, -0.2) is 13.1 Å². The van der Waals surface area contributed by atoms with E-state index in [1.165, 1.54) is 18.2 Å². The zero-order chi connectivity index (χ0) is 15.5. The Hall–Kier alpha value is -1.55. The average Bonchev–Trinajstić information content (AvgIpc) is 2.85. The molecule has 0 aromatic heterocycles. The van der Waals surface area contributed by atoms with Crippen molar-refractivity contribution in [1.82, 2.24) is 4.72 Å². The Morgan fingerprint density at radius 3 is 2.67 bits per heavy atom. The largest absolute Gasteiger partial charge is 0.348 e. The van der Waals surface area contributed by atoms with Crippen LogP contribution in [0.3, 0.4) is 0 Å². The van der Waals surface area contributed by atoms with Crippen LogP contribution in [0.25, 0.3) is 0 Å². The van der Waals surface area contributed by atoms with Gasteiger partial charge in [0.05, 0.1) is 23.0 Å². The Morgan fingerprint density at radius 2 is 2.05 bits per heavy atom. The normalized spacial score (nSPS) is 17.8. The van der Waals surface area contributed by atoms with Crippen molar-refractivity contribution < 1.29 is 22.8 Å². The number of benzene rings is 1. The smallest absolute Gasteiger partial charge is 0.270 e. The molecule has 0 bridgehead atoms. The number of ether oxygens (including phenoxy) is 2. The van der Waals surface area contributed by atoms with E-state index in [-0.39, 0.29) is 17.1 Å². The lowest BCUT2D eigenvalue weighted by Crippen LogP contribution is -2.33. The van der Waals surface area contributed by atoms with E-state index in [0.717, 1.165) is 6.07 Å². The lowest BCUT2D eigenvalue weighted by atomic mass is 10.2. The van der Waals surface area contributed by atoms with Crippen LogP contribution in [0, 0.1) is 10.1 Å². The highest BCUT2D eigenvalue weighted by atomic mass is 32.2. The van der Waals surface area contributed by atoms with Crippen molar-refractivity contribution in [3.05, 3.63) is 34.4 Å². The zero-order valence-electron chi connectivity index (χ0n) is 11.4. The Balaban J connectivity index is 2.01. The van der Waals surface area contributed by atoms with Crippen molar-refractivity contribution in [1.29, 1.82) is 0 Å². The number of nitro benzene ring substituents is 1. The monoisotopic (exact) mass is 316 g/mol. The molecule has 0 spiro atoms. The molecule has 1 N–H and O–H groups in total. The van der Waals surface area contributed by atoms with Crippen LogP contribution in [-0.4, -0.2) is 38.9 Å². The van der Waals surface area contributed by atoms with Crippen molar-refractivity contribution in [2.75, 3.05) is 19.8 Å². The van der Waals surface area contributed by atoms with E-state index >= 15 is 0 Å². The number of nitrogens with zero attached hydrogens (tertiary/aromatic N) is 1. The van der Waals surface area contributed by atoms with Gasteiger partial charge in [-0.15, -0.1) is 0 Å². The van der Waals surface area contributed by atoms with Gasteiger partial charge in [-0.2, -0.15) is 0 Å². The number of nitro groups is 1. The first-order valence-electron chi connectivity index (χ1n) is 6.34. The molecular formula is C12H16N2O6S. The van der Waals surface area contributed by atoms with Crippen LogP contribution in [0.1, 0.15) is 13.3 Å². The summed E-state index contributed by atoms with van der Waals surface area (Å²) in [4.78, 5) is 9.89. The summed E-state index contributed by atoms with van der Waals surface area (Å²) in [6.45, 7) is 2.81. The molecule has 116 valence electrons. The second-order valence-electron chi connectivity index (χ2n) is 4.73. The highest BCUT2D eigenvalue weighted by Gasteiger charge is 2.31. The summed E-state index contributed by atoms with van der Waals surface area (Å²) in [7, 11) is -3.80. The Kier molecular flexibility index (Phi) is 4.57. The minimum Gasteiger partial charge on any atom is -0.348 e. The molecular weight excluding hydrogens is 300 g/mol. The van der Waals surface area contributed by atoms with Gasteiger partial charge in [-0.1, -0.05) is 6.07 Å². The molecule has 1 aliphatic rings. The first kappa shape index (κ1) is 15.8. The number of sulfonamides is 1. The van der Waals surface area contributed by atoms with Crippen LogP contribution in [-0.2, 0) is 19.5 Å². The van der Waals surface area contributed by atoms with Crippen LogP contribution < -0.4 is 4.72 Å². The molecule has 1 aromatic rings. The predicted molar refractivity (Wildman–Crippen MR) is 73.2 cm³/mol. The van der Waals surface area contributed by atoms with E-state index < -0.39 is 20.7 Å². The molecule has 1 heterocycles. The van der Waals surface area contributed by atoms with E-state index in [9.17, 15) is 18.5 Å². The summed E-state index contributed by atoms with van der Waals surface area (Å²) in [5, 5.41) is 10.7. The van der Waals surface area contributed by atoms with Gasteiger partial charge in [0.25, 0.3) is 5.69 Å². The number of hydrogen-bond donors (Lipinski definition) is 1. The second kappa shape index (κ2) is 6.06. The Labute approximate surface area is 122 Å². The Morgan fingerprint density at radius 1 is 1.38 bits per heavy atom. The molecule has 0 unspecified atom stereocenters. The molecule has 8 nitrogen and oxygen atoms in total. The molecule has 0 amide bonds. The van der Waals surface area contributed by atoms with E-state index in [2.05, 4.69) is 4.72 Å². The predicted octanol–water partition coefficient (Wildman–Crippen LogP) is 1.03. The average molecular weight is 316 g/mol. The minimum absolute atomic E-state index is 0.113. The van der Waals surface area contributed by atoms with Crippen molar-refractivity contribution in [2.45, 2.75) is 24.0 Å². The van der Waals surface area contributed by atoms with Crippen molar-refractivity contribution in [3.63, 3.8) is 0 Å². The second-order valence-corrected chi connectivity index (χ2v) is 6.50. The molecule has 0 atom stereocenters. The van der Waals surface area contributed by atoms with Crippen LogP contribution in [0.5, 0.6) is 0 Å². The topological polar surface area (TPSA) is 108 Å². The quantitative estimate of drug-likeness (QED) is 0.620. The van der Waals surface area contributed by atoms with Gasteiger partial charge in [0.1, 0.15) is 0 Å². The maximum absolute atomic E-state index is 12.1. The third kappa shape index (κ3) is 3.97. The SMILES string of the molecule is CC1(CCNS(=O)(=O)c2cccc([N+](=O)[O-])c2)OCCO1. The maximum atomic E-state index is 12.1. The van der Waals surface area contributed by atoms with Gasteiger partial charge in [0.2, 0.25) is 10.0 Å². The highest BCUT2D eigenvalue weighted by molar-refractivity contribution is 7.89. The lowest BCUT2D eigenvalue weighted by Gasteiger charge is -2.22. The third-order valence-electron chi connectivity index (χ3n) is 3.11. The summed E-state index contributed by atoms with van der Waals surface area (Å²) in [5.41, 5.74) is -0.271. The molecule has 2 rings (SSSR count). The van der Waals surface area contributed by atoms with Gasteiger partial charge in [0.15, 0.2) is 5.79 Å². The standard InChI is InChI=1S/C12H16N2O6S/c1-12(19-7-8-20-12)5-6-13-21(17,18)11-4-2-3-10(9-11)14(15)16/h2-4,9,13H,5-8H2,1H3. The number of hydrogen-bond acceptors (Lipinski definition) is 6. The van der Waals surface area contributed by atoms with Gasteiger partial charge in [-0.05, 0) is 13.0 Å². The summed E-state index contributed by atoms with van der Waals surface area (Å²) in [6.07, 6.45) is 0.348. The fourth-order valence-electron chi connectivity index (χ4n) is 1.96. The zero-order valence-corrected chi connectivity index (χ0v) is 12.3. The third-order valence-corrected chi connectivity index (χ3v) is 4.57. The van der Waals surface area contributed by atoms with Crippen molar-refractivity contribution in [2.24, 2.45) is 0 Å². The van der Waals surface area contributed by atoms with E-state index in [0.29, 0.717) is 19.6 Å². The van der Waals surface area contributed by atoms with E-state index in [4.69, 9.17) is 9.47 Å². The summed E-state index contributed by atoms with van der Waals surface area (Å²) in [5.74, 6) is -0.787. The van der Waals surface area contributed by atoms with Crippen LogP contribution in [0.4, 0.5) is 5.69 Å². The number of rotatable bonds is 6. The van der Waals surface area contributed by atoms with E-state index in [1.807, 2.05) is 0 Å². The number of non-ortho nitro benzene ring substituents is 1. The Bertz CT molecular complexity index is 624. The molecule has 21 heavy (non-hydrogen) atoms. The van der Waals surface area contributed by atoms with Crippen LogP contribution in [0.2, 0.25) is 0 Å². The molecule has 1 fully saturated rings. The summed E-state index contributed by atoms with van der Waals surface area (Å²) >= 11 is 0. The van der Waals surface area contributed by atoms with Crippen LogP contribution in [0.15, 0.2) is 29.2 Å².